The summed E-state index contributed by atoms with van der Waals surface area (Å²) in [5.74, 6) is 0.305. The fourth-order valence-electron chi connectivity index (χ4n) is 5.13. The summed E-state index contributed by atoms with van der Waals surface area (Å²) in [5.41, 5.74) is 4.73. The van der Waals surface area contributed by atoms with E-state index in [1.54, 1.807) is 23.1 Å². The van der Waals surface area contributed by atoms with Gasteiger partial charge in [0, 0.05) is 11.3 Å². The molecule has 1 saturated carbocycles. The van der Waals surface area contributed by atoms with Gasteiger partial charge in [0.05, 0.1) is 16.8 Å². The lowest BCUT2D eigenvalue weighted by Crippen LogP contribution is -2.34. The van der Waals surface area contributed by atoms with Gasteiger partial charge in [-0.25, -0.2) is 9.78 Å². The molecule has 3 amide bonds. The van der Waals surface area contributed by atoms with Gasteiger partial charge in [-0.1, -0.05) is 71.5 Å². The van der Waals surface area contributed by atoms with E-state index < -0.39 is 0 Å². The molecule has 1 aliphatic carbocycles. The molecule has 0 aliphatic heterocycles. The van der Waals surface area contributed by atoms with Crippen molar-refractivity contribution < 1.29 is 9.59 Å². The molecular formula is C29H27BN8O2S. The smallest absolute Gasteiger partial charge is 0.290 e. The number of amides is 3. The molecule has 6 rings (SSSR count). The number of tetrazole rings is 1. The number of rotatable bonds is 7. The van der Waals surface area contributed by atoms with Gasteiger partial charge in [-0.3, -0.25) is 20.3 Å². The zero-order valence-corrected chi connectivity index (χ0v) is 23.0. The van der Waals surface area contributed by atoms with E-state index >= 15 is 0 Å². The number of thiazole rings is 1. The standard InChI is InChI=1S/C29H27BN8O2S/c30-22-12-15-25-24(16-22)31-28(41-25)33-29(40)38(23-13-10-20(11-14-23)19-4-2-1-3-5-19)17-18-6-8-21(9-7-18)26(39)32-27-34-36-37-35-27/h6-16,19H,1-5,17H2,(H,31,33,40)(H2,32,34,35,36,37,39). The van der Waals surface area contributed by atoms with Crippen LogP contribution in [-0.4, -0.2) is 45.4 Å². The van der Waals surface area contributed by atoms with Crippen LogP contribution in [0.2, 0.25) is 0 Å². The molecular weight excluding hydrogens is 535 g/mol. The van der Waals surface area contributed by atoms with Crippen molar-refractivity contribution in [3.05, 3.63) is 83.4 Å². The topological polar surface area (TPSA) is 129 Å². The maximum atomic E-state index is 13.7. The molecule has 204 valence electrons. The second-order valence-electron chi connectivity index (χ2n) is 10.1. The van der Waals surface area contributed by atoms with E-state index in [2.05, 4.69) is 48.4 Å². The molecule has 2 heterocycles. The highest BCUT2D eigenvalue weighted by atomic mass is 32.1. The van der Waals surface area contributed by atoms with Crippen LogP contribution in [0.5, 0.6) is 0 Å². The summed E-state index contributed by atoms with van der Waals surface area (Å²) in [6, 6.07) is 20.5. The van der Waals surface area contributed by atoms with Gasteiger partial charge >= 0.3 is 6.03 Å². The molecule has 12 heteroatoms. The number of H-pyrrole nitrogens is 1. The van der Waals surface area contributed by atoms with Crippen molar-refractivity contribution >= 4 is 63.6 Å². The van der Waals surface area contributed by atoms with E-state index in [1.807, 2.05) is 36.4 Å². The summed E-state index contributed by atoms with van der Waals surface area (Å²) in [5, 5.41) is 19.2. The Morgan fingerprint density at radius 3 is 2.49 bits per heavy atom. The third kappa shape index (κ3) is 6.27. The molecule has 0 spiro atoms. The molecule has 5 aromatic rings. The van der Waals surface area contributed by atoms with Crippen LogP contribution in [0.4, 0.5) is 21.6 Å². The Hall–Kier alpha value is -4.58. The molecule has 3 N–H and O–H groups in total. The van der Waals surface area contributed by atoms with E-state index in [0.717, 1.165) is 21.5 Å². The number of urea groups is 1. The zero-order valence-electron chi connectivity index (χ0n) is 22.2. The number of fused-ring (bicyclic) bond motifs is 1. The van der Waals surface area contributed by atoms with Crippen LogP contribution in [0.3, 0.4) is 0 Å². The Bertz CT molecular complexity index is 1650. The van der Waals surface area contributed by atoms with Crippen molar-refractivity contribution in [2.45, 2.75) is 44.6 Å². The van der Waals surface area contributed by atoms with Crippen LogP contribution in [0.1, 0.15) is 59.5 Å². The maximum Gasteiger partial charge on any atom is 0.328 e. The summed E-state index contributed by atoms with van der Waals surface area (Å²) in [4.78, 5) is 32.4. The first-order valence-electron chi connectivity index (χ1n) is 13.5. The second kappa shape index (κ2) is 11.9. The number of hydrogen-bond acceptors (Lipinski definition) is 7. The van der Waals surface area contributed by atoms with Crippen molar-refractivity contribution in [1.29, 1.82) is 0 Å². The van der Waals surface area contributed by atoms with Gasteiger partial charge < -0.3 is 0 Å². The first kappa shape index (κ1) is 26.6. The summed E-state index contributed by atoms with van der Waals surface area (Å²) in [7, 11) is 5.91. The predicted octanol–water partition coefficient (Wildman–Crippen LogP) is 5.14. The molecule has 3 aromatic carbocycles. The number of anilines is 3. The van der Waals surface area contributed by atoms with Gasteiger partial charge in [-0.05, 0) is 71.5 Å². The minimum Gasteiger partial charge on any atom is -0.290 e. The van der Waals surface area contributed by atoms with Gasteiger partial charge in [0.2, 0.25) is 0 Å². The lowest BCUT2D eigenvalue weighted by Gasteiger charge is -2.25. The fraction of sp³-hybridized carbons (Fsp3) is 0.241. The van der Waals surface area contributed by atoms with E-state index in [-0.39, 0.29) is 17.9 Å². The van der Waals surface area contributed by atoms with Crippen LogP contribution in [0.25, 0.3) is 10.2 Å². The number of carbonyl (C=O) groups is 2. The largest absolute Gasteiger partial charge is 0.328 e. The van der Waals surface area contributed by atoms with E-state index in [1.165, 1.54) is 49.0 Å². The normalized spacial score (nSPS) is 13.7. The van der Waals surface area contributed by atoms with Gasteiger partial charge in [0.25, 0.3) is 11.9 Å². The Morgan fingerprint density at radius 2 is 1.76 bits per heavy atom. The third-order valence-corrected chi connectivity index (χ3v) is 8.23. The number of aromatic nitrogens is 5. The van der Waals surface area contributed by atoms with Crippen LogP contribution >= 0.6 is 11.3 Å². The molecule has 0 atom stereocenters. The SMILES string of the molecule is [B]c1ccc2sc(NC(=O)N(Cc3ccc(C(=O)Nc4nn[nH]n4)cc3)c3ccc(C4CCCCC4)cc3)nc2c1. The van der Waals surface area contributed by atoms with Crippen molar-refractivity contribution in [2.75, 3.05) is 15.5 Å². The van der Waals surface area contributed by atoms with Crippen LogP contribution in [0.15, 0.2) is 66.7 Å². The van der Waals surface area contributed by atoms with Crippen molar-refractivity contribution in [3.8, 4) is 0 Å². The van der Waals surface area contributed by atoms with E-state index in [9.17, 15) is 9.59 Å². The Labute approximate surface area is 242 Å². The lowest BCUT2D eigenvalue weighted by molar-refractivity contribution is 0.102. The molecule has 2 radical (unpaired) electrons. The zero-order chi connectivity index (χ0) is 28.2. The van der Waals surface area contributed by atoms with E-state index in [4.69, 9.17) is 7.85 Å². The fourth-order valence-corrected chi connectivity index (χ4v) is 5.97. The number of aromatic amines is 1. The third-order valence-electron chi connectivity index (χ3n) is 7.28. The number of carbonyl (C=O) groups excluding carboxylic acids is 2. The van der Waals surface area contributed by atoms with Gasteiger partial charge in [-0.2, -0.15) is 5.21 Å². The van der Waals surface area contributed by atoms with Crippen LogP contribution in [0, 0.1) is 0 Å². The molecule has 2 aromatic heterocycles. The maximum absolute atomic E-state index is 13.7. The van der Waals surface area contributed by atoms with Gasteiger partial charge in [0.15, 0.2) is 5.13 Å². The number of nitrogens with zero attached hydrogens (tertiary/aromatic N) is 5. The monoisotopic (exact) mass is 562 g/mol. The molecule has 0 saturated heterocycles. The minimum atomic E-state index is -0.359. The molecule has 10 nitrogen and oxygen atoms in total. The summed E-state index contributed by atoms with van der Waals surface area (Å²) < 4.78 is 0.938. The van der Waals surface area contributed by atoms with Crippen molar-refractivity contribution in [3.63, 3.8) is 0 Å². The first-order chi connectivity index (χ1) is 20.0. The average molecular weight is 562 g/mol. The predicted molar refractivity (Wildman–Crippen MR) is 161 cm³/mol. The summed E-state index contributed by atoms with van der Waals surface area (Å²) in [6.07, 6.45) is 6.24. The van der Waals surface area contributed by atoms with Gasteiger partial charge in [-0.15, -0.1) is 5.10 Å². The van der Waals surface area contributed by atoms with Gasteiger partial charge in [0.1, 0.15) is 7.85 Å². The van der Waals surface area contributed by atoms with Crippen LogP contribution < -0.4 is 21.0 Å². The van der Waals surface area contributed by atoms with Crippen LogP contribution in [-0.2, 0) is 6.54 Å². The number of hydrogen-bond donors (Lipinski definition) is 3. The molecule has 0 bridgehead atoms. The second-order valence-corrected chi connectivity index (χ2v) is 11.1. The number of benzene rings is 3. The number of nitrogens with one attached hydrogen (secondary N) is 3. The molecule has 1 fully saturated rings. The highest BCUT2D eigenvalue weighted by molar-refractivity contribution is 7.22. The molecule has 1 aliphatic rings. The first-order valence-corrected chi connectivity index (χ1v) is 14.3. The quantitative estimate of drug-likeness (QED) is 0.236. The lowest BCUT2D eigenvalue weighted by atomic mass is 9.84. The van der Waals surface area contributed by atoms with Crippen molar-refractivity contribution in [2.24, 2.45) is 0 Å². The average Bonchev–Trinajstić information content (AvgIpc) is 3.66. The summed E-state index contributed by atoms with van der Waals surface area (Å²) >= 11 is 1.39. The Balaban J connectivity index is 1.23. The Morgan fingerprint density at radius 1 is 0.976 bits per heavy atom. The minimum absolute atomic E-state index is 0.0936. The highest BCUT2D eigenvalue weighted by Crippen LogP contribution is 2.34. The van der Waals surface area contributed by atoms with Crippen molar-refractivity contribution in [1.82, 2.24) is 25.6 Å². The highest BCUT2D eigenvalue weighted by Gasteiger charge is 2.21. The molecule has 0 unspecified atom stereocenters. The Kier molecular flexibility index (Phi) is 7.72. The molecule has 41 heavy (non-hydrogen) atoms. The van der Waals surface area contributed by atoms with E-state index in [0.29, 0.717) is 28.6 Å². The summed E-state index contributed by atoms with van der Waals surface area (Å²) in [6.45, 7) is 0.291.